The van der Waals surface area contributed by atoms with Crippen molar-refractivity contribution in [1.29, 1.82) is 0 Å². The molecule has 0 aromatic carbocycles. The van der Waals surface area contributed by atoms with Gasteiger partial charge in [-0.15, -0.1) is 0 Å². The van der Waals surface area contributed by atoms with Crippen LogP contribution in [0.4, 0.5) is 0 Å². The van der Waals surface area contributed by atoms with Crippen molar-refractivity contribution >= 4 is 5.91 Å². The molecule has 3 N–H and O–H groups in total. The molecule has 5 nitrogen and oxygen atoms in total. The highest BCUT2D eigenvalue weighted by Crippen LogP contribution is 2.11. The van der Waals surface area contributed by atoms with Crippen LogP contribution >= 0.6 is 0 Å². The summed E-state index contributed by atoms with van der Waals surface area (Å²) in [6, 6.07) is 0.131. The van der Waals surface area contributed by atoms with E-state index in [9.17, 15) is 4.79 Å². The lowest BCUT2D eigenvalue weighted by Crippen LogP contribution is -2.46. The number of amides is 1. The van der Waals surface area contributed by atoms with E-state index in [-0.39, 0.29) is 18.1 Å². The van der Waals surface area contributed by atoms with Crippen molar-refractivity contribution in [3.05, 3.63) is 0 Å². The Bertz CT molecular complexity index is 248. The van der Waals surface area contributed by atoms with Crippen molar-refractivity contribution < 1.29 is 9.53 Å². The van der Waals surface area contributed by atoms with Gasteiger partial charge in [0.1, 0.15) is 0 Å². The molecule has 0 aromatic rings. The molecular formula is C13H27N3O2. The average Bonchev–Trinajstić information content (AvgIpc) is 2.58. The summed E-state index contributed by atoms with van der Waals surface area (Å²) in [5.74, 6) is 0.102. The first kappa shape index (κ1) is 15.4. The van der Waals surface area contributed by atoms with E-state index >= 15 is 0 Å². The van der Waals surface area contributed by atoms with Crippen molar-refractivity contribution in [3.8, 4) is 0 Å². The first-order valence-electron chi connectivity index (χ1n) is 6.99. The zero-order valence-corrected chi connectivity index (χ0v) is 11.7. The van der Waals surface area contributed by atoms with E-state index in [0.29, 0.717) is 13.0 Å². The molecule has 2 unspecified atom stereocenters. The summed E-state index contributed by atoms with van der Waals surface area (Å²) < 4.78 is 5.61. The van der Waals surface area contributed by atoms with Crippen LogP contribution in [0.2, 0.25) is 0 Å². The van der Waals surface area contributed by atoms with E-state index in [1.54, 1.807) is 0 Å². The minimum Gasteiger partial charge on any atom is -0.377 e. The minimum atomic E-state index is 0.102. The van der Waals surface area contributed by atoms with Gasteiger partial charge < -0.3 is 15.8 Å². The fraction of sp³-hybridized carbons (Fsp3) is 0.923. The first-order chi connectivity index (χ1) is 8.67. The van der Waals surface area contributed by atoms with E-state index in [0.717, 1.165) is 39.1 Å². The van der Waals surface area contributed by atoms with Crippen molar-refractivity contribution in [2.75, 3.05) is 32.8 Å². The molecule has 0 bridgehead atoms. The van der Waals surface area contributed by atoms with Gasteiger partial charge in [0, 0.05) is 45.2 Å². The van der Waals surface area contributed by atoms with Crippen LogP contribution in [0.25, 0.3) is 0 Å². The van der Waals surface area contributed by atoms with Gasteiger partial charge in [0.2, 0.25) is 5.91 Å². The number of hydrogen-bond acceptors (Lipinski definition) is 4. The Hall–Kier alpha value is -0.650. The van der Waals surface area contributed by atoms with Crippen molar-refractivity contribution in [1.82, 2.24) is 10.2 Å². The quantitative estimate of drug-likeness (QED) is 0.720. The van der Waals surface area contributed by atoms with E-state index < -0.39 is 0 Å². The van der Waals surface area contributed by atoms with E-state index in [4.69, 9.17) is 10.5 Å². The number of ether oxygens (including phenoxy) is 1. The Morgan fingerprint density at radius 1 is 1.61 bits per heavy atom. The number of carbonyl (C=O) groups excluding carboxylic acids is 1. The van der Waals surface area contributed by atoms with Crippen LogP contribution in [0.5, 0.6) is 0 Å². The van der Waals surface area contributed by atoms with Gasteiger partial charge in [-0.3, -0.25) is 9.69 Å². The van der Waals surface area contributed by atoms with Crippen LogP contribution in [-0.2, 0) is 9.53 Å². The number of nitrogens with zero attached hydrogens (tertiary/aromatic N) is 1. The molecule has 1 saturated heterocycles. The van der Waals surface area contributed by atoms with E-state index in [1.165, 1.54) is 0 Å². The molecule has 0 radical (unpaired) electrons. The maximum absolute atomic E-state index is 11.8. The highest BCUT2D eigenvalue weighted by Gasteiger charge is 2.23. The molecule has 1 rings (SSSR count). The maximum atomic E-state index is 11.8. The van der Waals surface area contributed by atoms with Crippen LogP contribution in [-0.4, -0.2) is 55.7 Å². The summed E-state index contributed by atoms with van der Waals surface area (Å²) in [5, 5.41) is 2.91. The smallest absolute Gasteiger partial charge is 0.221 e. The van der Waals surface area contributed by atoms with Gasteiger partial charge in [0.25, 0.3) is 0 Å². The van der Waals surface area contributed by atoms with Gasteiger partial charge in [0.05, 0.1) is 6.10 Å². The normalized spacial score (nSPS) is 23.4. The van der Waals surface area contributed by atoms with Gasteiger partial charge in [-0.25, -0.2) is 0 Å². The molecule has 18 heavy (non-hydrogen) atoms. The number of carbonyl (C=O) groups is 1. The molecule has 5 heteroatoms. The van der Waals surface area contributed by atoms with Gasteiger partial charge in [-0.05, 0) is 19.8 Å². The van der Waals surface area contributed by atoms with Crippen molar-refractivity contribution in [2.24, 2.45) is 5.73 Å². The monoisotopic (exact) mass is 257 g/mol. The predicted molar refractivity (Wildman–Crippen MR) is 72.4 cm³/mol. The number of rotatable bonds is 6. The average molecular weight is 257 g/mol. The fourth-order valence-corrected chi connectivity index (χ4v) is 2.27. The molecule has 0 aliphatic carbocycles. The third kappa shape index (κ3) is 5.33. The summed E-state index contributed by atoms with van der Waals surface area (Å²) >= 11 is 0. The molecular weight excluding hydrogens is 230 g/mol. The summed E-state index contributed by atoms with van der Waals surface area (Å²) in [5.41, 5.74) is 5.81. The van der Waals surface area contributed by atoms with Gasteiger partial charge in [-0.1, -0.05) is 6.92 Å². The highest BCUT2D eigenvalue weighted by molar-refractivity contribution is 5.76. The Labute approximate surface area is 110 Å². The number of nitrogens with one attached hydrogen (secondary N) is 1. The second-order valence-electron chi connectivity index (χ2n) is 4.97. The molecule has 1 heterocycles. The molecule has 0 aromatic heterocycles. The zero-order valence-electron chi connectivity index (χ0n) is 11.7. The van der Waals surface area contributed by atoms with Crippen molar-refractivity contribution in [2.45, 2.75) is 45.3 Å². The van der Waals surface area contributed by atoms with Crippen LogP contribution in [0.3, 0.4) is 0 Å². The summed E-state index contributed by atoms with van der Waals surface area (Å²) in [7, 11) is 0. The van der Waals surface area contributed by atoms with E-state index in [2.05, 4.69) is 24.1 Å². The summed E-state index contributed by atoms with van der Waals surface area (Å²) in [6.45, 7) is 8.02. The van der Waals surface area contributed by atoms with E-state index in [1.807, 2.05) is 0 Å². The Morgan fingerprint density at radius 2 is 2.39 bits per heavy atom. The van der Waals surface area contributed by atoms with Crippen LogP contribution in [0.15, 0.2) is 0 Å². The predicted octanol–water partition coefficient (Wildman–Crippen LogP) is 0.341. The molecule has 1 amide bonds. The van der Waals surface area contributed by atoms with Gasteiger partial charge in [0.15, 0.2) is 0 Å². The molecule has 1 fully saturated rings. The van der Waals surface area contributed by atoms with Crippen molar-refractivity contribution in [3.63, 3.8) is 0 Å². The molecule has 1 aliphatic rings. The third-order valence-corrected chi connectivity index (χ3v) is 3.27. The number of hydrogen-bond donors (Lipinski definition) is 2. The fourth-order valence-electron chi connectivity index (χ4n) is 2.27. The highest BCUT2D eigenvalue weighted by atomic mass is 16.5. The lowest BCUT2D eigenvalue weighted by Gasteiger charge is -2.30. The number of nitrogens with two attached hydrogens (primary N) is 1. The summed E-state index contributed by atoms with van der Waals surface area (Å²) in [6.07, 6.45) is 2.69. The third-order valence-electron chi connectivity index (χ3n) is 3.27. The van der Waals surface area contributed by atoms with Crippen LogP contribution < -0.4 is 11.1 Å². The Morgan fingerprint density at radius 3 is 3.06 bits per heavy atom. The lowest BCUT2D eigenvalue weighted by atomic mass is 10.1. The summed E-state index contributed by atoms with van der Waals surface area (Å²) in [4.78, 5) is 14.1. The minimum absolute atomic E-state index is 0.102. The molecule has 0 spiro atoms. The first-order valence-corrected chi connectivity index (χ1v) is 6.99. The Kier molecular flexibility index (Phi) is 7.23. The molecule has 0 saturated carbocycles. The molecule has 2 atom stereocenters. The molecule has 106 valence electrons. The maximum Gasteiger partial charge on any atom is 0.221 e. The van der Waals surface area contributed by atoms with Gasteiger partial charge in [-0.2, -0.15) is 0 Å². The Balaban J connectivity index is 2.45. The van der Waals surface area contributed by atoms with Crippen LogP contribution in [0.1, 0.15) is 33.1 Å². The van der Waals surface area contributed by atoms with Crippen LogP contribution in [0, 0.1) is 0 Å². The lowest BCUT2D eigenvalue weighted by molar-refractivity contribution is -0.122. The second-order valence-corrected chi connectivity index (χ2v) is 4.97. The topological polar surface area (TPSA) is 67.6 Å². The van der Waals surface area contributed by atoms with Gasteiger partial charge >= 0.3 is 0 Å². The standard InChI is InChI=1S/C13H27N3O2/c1-3-5-15-13(17)8-12(9-14)16-6-4-7-18-11(2)10-16/h11-12H,3-10,14H2,1-2H3,(H,15,17). The SMILES string of the molecule is CCCNC(=O)CC(CN)N1CCCOC(C)C1. The second kappa shape index (κ2) is 8.45. The molecule has 1 aliphatic heterocycles. The zero-order chi connectivity index (χ0) is 13.4. The largest absolute Gasteiger partial charge is 0.377 e.